The molecular formula is C15H17Cl2N3O. The molecule has 0 spiro atoms. The predicted octanol–water partition coefficient (Wildman–Crippen LogP) is 4.96. The minimum atomic E-state index is 0.462. The van der Waals surface area contributed by atoms with Gasteiger partial charge in [0, 0.05) is 18.3 Å². The van der Waals surface area contributed by atoms with Gasteiger partial charge in [-0.3, -0.25) is 0 Å². The molecule has 0 aliphatic rings. The number of aromatic nitrogens is 1. The fourth-order valence-corrected chi connectivity index (χ4v) is 2.29. The first kappa shape index (κ1) is 15.7. The van der Waals surface area contributed by atoms with Gasteiger partial charge in [-0.15, -0.1) is 0 Å². The maximum absolute atomic E-state index is 6.18. The Morgan fingerprint density at radius 1 is 1.10 bits per heavy atom. The van der Waals surface area contributed by atoms with Crippen molar-refractivity contribution in [1.82, 2.24) is 4.98 Å². The lowest BCUT2D eigenvalue weighted by Gasteiger charge is -2.12. The second-order valence-corrected chi connectivity index (χ2v) is 5.08. The third kappa shape index (κ3) is 4.16. The van der Waals surface area contributed by atoms with Crippen molar-refractivity contribution in [3.05, 3.63) is 40.4 Å². The first-order chi connectivity index (χ1) is 10.1. The standard InChI is InChI=1S/C15H17Cl2N3O/c1-3-18-14-12(16)9-13(17)15(20-14)19-10-6-5-7-11(8-10)21-4-2/h5-9H,3-4H2,1-2H3,(H2,18,19,20). The number of pyridine rings is 1. The highest BCUT2D eigenvalue weighted by molar-refractivity contribution is 6.37. The second kappa shape index (κ2) is 7.38. The number of rotatable bonds is 6. The number of nitrogens with zero attached hydrogens (tertiary/aromatic N) is 1. The SMILES string of the molecule is CCNc1nc(Nc2cccc(OCC)c2)c(Cl)cc1Cl. The van der Waals surface area contributed by atoms with Crippen LogP contribution in [0.2, 0.25) is 10.0 Å². The summed E-state index contributed by atoms with van der Waals surface area (Å²) < 4.78 is 5.47. The average molecular weight is 326 g/mol. The molecule has 1 heterocycles. The van der Waals surface area contributed by atoms with E-state index in [1.807, 2.05) is 38.1 Å². The minimum absolute atomic E-state index is 0.462. The van der Waals surface area contributed by atoms with Crippen LogP contribution in [0.3, 0.4) is 0 Å². The zero-order valence-corrected chi connectivity index (χ0v) is 13.4. The van der Waals surface area contributed by atoms with Crippen molar-refractivity contribution < 1.29 is 4.74 Å². The third-order valence-corrected chi connectivity index (χ3v) is 3.26. The van der Waals surface area contributed by atoms with Gasteiger partial charge < -0.3 is 15.4 Å². The molecule has 0 amide bonds. The first-order valence-electron chi connectivity index (χ1n) is 6.73. The highest BCUT2D eigenvalue weighted by Crippen LogP contribution is 2.31. The molecule has 2 aromatic rings. The number of hydrogen-bond donors (Lipinski definition) is 2. The number of anilines is 3. The van der Waals surface area contributed by atoms with E-state index in [1.54, 1.807) is 6.07 Å². The molecule has 1 aromatic heterocycles. The monoisotopic (exact) mass is 325 g/mol. The number of hydrogen-bond acceptors (Lipinski definition) is 4. The maximum atomic E-state index is 6.18. The van der Waals surface area contributed by atoms with Crippen molar-refractivity contribution in [3.63, 3.8) is 0 Å². The molecule has 0 atom stereocenters. The highest BCUT2D eigenvalue weighted by atomic mass is 35.5. The maximum Gasteiger partial charge on any atom is 0.151 e. The molecule has 0 aliphatic carbocycles. The molecule has 0 saturated heterocycles. The van der Waals surface area contributed by atoms with E-state index in [4.69, 9.17) is 27.9 Å². The lowest BCUT2D eigenvalue weighted by Crippen LogP contribution is -2.03. The van der Waals surface area contributed by atoms with Crippen LogP contribution in [-0.4, -0.2) is 18.1 Å². The van der Waals surface area contributed by atoms with E-state index in [9.17, 15) is 0 Å². The Morgan fingerprint density at radius 3 is 2.57 bits per heavy atom. The van der Waals surface area contributed by atoms with Crippen LogP contribution >= 0.6 is 23.2 Å². The van der Waals surface area contributed by atoms with Gasteiger partial charge in [-0.1, -0.05) is 29.3 Å². The molecule has 0 aliphatic heterocycles. The van der Waals surface area contributed by atoms with E-state index in [0.717, 1.165) is 18.0 Å². The van der Waals surface area contributed by atoms with Crippen LogP contribution in [0.5, 0.6) is 5.75 Å². The summed E-state index contributed by atoms with van der Waals surface area (Å²) >= 11 is 12.3. The lowest BCUT2D eigenvalue weighted by molar-refractivity contribution is 0.340. The van der Waals surface area contributed by atoms with Crippen molar-refractivity contribution in [1.29, 1.82) is 0 Å². The van der Waals surface area contributed by atoms with Gasteiger partial charge >= 0.3 is 0 Å². The molecule has 2 N–H and O–H groups in total. The topological polar surface area (TPSA) is 46.2 Å². The van der Waals surface area contributed by atoms with E-state index in [-0.39, 0.29) is 0 Å². The van der Waals surface area contributed by atoms with Crippen LogP contribution in [0.4, 0.5) is 17.3 Å². The number of halogens is 2. The average Bonchev–Trinajstić information content (AvgIpc) is 2.45. The van der Waals surface area contributed by atoms with E-state index in [1.165, 1.54) is 0 Å². The first-order valence-corrected chi connectivity index (χ1v) is 7.49. The Labute approximate surface area is 134 Å². The Balaban J connectivity index is 2.26. The summed E-state index contributed by atoms with van der Waals surface area (Å²) in [5.74, 6) is 1.94. The second-order valence-electron chi connectivity index (χ2n) is 4.27. The quantitative estimate of drug-likeness (QED) is 0.787. The Hall–Kier alpha value is -1.65. The van der Waals surface area contributed by atoms with Gasteiger partial charge in [0.1, 0.15) is 11.6 Å². The molecular weight excluding hydrogens is 309 g/mol. The molecule has 0 unspecified atom stereocenters. The van der Waals surface area contributed by atoms with Crippen molar-refractivity contribution in [3.8, 4) is 5.75 Å². The molecule has 0 saturated carbocycles. The number of benzene rings is 1. The van der Waals surface area contributed by atoms with Crippen molar-refractivity contribution in [2.24, 2.45) is 0 Å². The predicted molar refractivity (Wildman–Crippen MR) is 89.3 cm³/mol. The smallest absolute Gasteiger partial charge is 0.151 e. The Bertz CT molecular complexity index is 620. The molecule has 21 heavy (non-hydrogen) atoms. The van der Waals surface area contributed by atoms with Crippen LogP contribution in [-0.2, 0) is 0 Å². The molecule has 6 heteroatoms. The summed E-state index contributed by atoms with van der Waals surface area (Å²) in [6.07, 6.45) is 0. The Morgan fingerprint density at radius 2 is 1.86 bits per heavy atom. The summed E-state index contributed by atoms with van der Waals surface area (Å²) in [5, 5.41) is 7.23. The van der Waals surface area contributed by atoms with Gasteiger partial charge in [0.15, 0.2) is 5.82 Å². The van der Waals surface area contributed by atoms with Crippen LogP contribution < -0.4 is 15.4 Å². The summed E-state index contributed by atoms with van der Waals surface area (Å²) in [7, 11) is 0. The zero-order valence-electron chi connectivity index (χ0n) is 11.9. The molecule has 0 bridgehead atoms. The molecule has 0 fully saturated rings. The van der Waals surface area contributed by atoms with Crippen LogP contribution in [0.15, 0.2) is 30.3 Å². The van der Waals surface area contributed by atoms with Crippen molar-refractivity contribution >= 4 is 40.5 Å². The van der Waals surface area contributed by atoms with Crippen molar-refractivity contribution in [2.45, 2.75) is 13.8 Å². The lowest BCUT2D eigenvalue weighted by atomic mass is 10.3. The van der Waals surface area contributed by atoms with Crippen molar-refractivity contribution in [2.75, 3.05) is 23.8 Å². The fraction of sp³-hybridized carbons (Fsp3) is 0.267. The van der Waals surface area contributed by atoms with Crippen LogP contribution in [0, 0.1) is 0 Å². The van der Waals surface area contributed by atoms with Gasteiger partial charge in [-0.05, 0) is 32.0 Å². The van der Waals surface area contributed by atoms with Crippen LogP contribution in [0.25, 0.3) is 0 Å². The van der Waals surface area contributed by atoms with Gasteiger partial charge in [0.25, 0.3) is 0 Å². The molecule has 4 nitrogen and oxygen atoms in total. The number of ether oxygens (including phenoxy) is 1. The summed E-state index contributed by atoms with van der Waals surface area (Å²) in [4.78, 5) is 4.41. The third-order valence-electron chi connectivity index (χ3n) is 2.68. The van der Waals surface area contributed by atoms with E-state index >= 15 is 0 Å². The summed E-state index contributed by atoms with van der Waals surface area (Å²) in [6.45, 7) is 5.27. The Kier molecular flexibility index (Phi) is 5.53. The zero-order chi connectivity index (χ0) is 15.2. The normalized spacial score (nSPS) is 10.3. The van der Waals surface area contributed by atoms with E-state index < -0.39 is 0 Å². The fourth-order valence-electron chi connectivity index (χ4n) is 1.81. The molecule has 1 aromatic carbocycles. The summed E-state index contributed by atoms with van der Waals surface area (Å²) in [6, 6.07) is 9.28. The van der Waals surface area contributed by atoms with Gasteiger partial charge in [-0.25, -0.2) is 4.98 Å². The summed E-state index contributed by atoms with van der Waals surface area (Å²) in [5.41, 5.74) is 0.847. The molecule has 0 radical (unpaired) electrons. The minimum Gasteiger partial charge on any atom is -0.494 e. The largest absolute Gasteiger partial charge is 0.494 e. The van der Waals surface area contributed by atoms with Gasteiger partial charge in [-0.2, -0.15) is 0 Å². The van der Waals surface area contributed by atoms with E-state index in [0.29, 0.717) is 28.3 Å². The molecule has 112 valence electrons. The number of nitrogens with one attached hydrogen (secondary N) is 2. The highest BCUT2D eigenvalue weighted by Gasteiger charge is 2.09. The van der Waals surface area contributed by atoms with Gasteiger partial charge in [0.05, 0.1) is 16.7 Å². The van der Waals surface area contributed by atoms with E-state index in [2.05, 4.69) is 15.6 Å². The van der Waals surface area contributed by atoms with Gasteiger partial charge in [0.2, 0.25) is 0 Å². The van der Waals surface area contributed by atoms with Crippen LogP contribution in [0.1, 0.15) is 13.8 Å². The molecule has 2 rings (SSSR count).